The molecule has 0 fully saturated rings. The summed E-state index contributed by atoms with van der Waals surface area (Å²) in [5.74, 6) is 1.38. The average molecular weight is 452 g/mol. The Kier molecular flexibility index (Phi) is 8.19. The van der Waals surface area contributed by atoms with Crippen molar-refractivity contribution in [1.29, 1.82) is 0 Å². The quantitative estimate of drug-likeness (QED) is 0.407. The Hall–Kier alpha value is 0.634. The van der Waals surface area contributed by atoms with Crippen molar-refractivity contribution in [1.82, 2.24) is 0 Å². The second-order valence-electron chi connectivity index (χ2n) is 6.26. The van der Waals surface area contributed by atoms with Crippen molar-refractivity contribution in [2.45, 2.75) is 55.4 Å². The van der Waals surface area contributed by atoms with Crippen LogP contribution in [0.4, 0.5) is 0 Å². The van der Waals surface area contributed by atoms with Crippen molar-refractivity contribution in [2.75, 3.05) is 0 Å². The zero-order valence-electron chi connectivity index (χ0n) is 14.5. The van der Waals surface area contributed by atoms with E-state index >= 15 is 0 Å². The van der Waals surface area contributed by atoms with Crippen LogP contribution in [0.2, 0.25) is 0 Å². The van der Waals surface area contributed by atoms with Gasteiger partial charge < -0.3 is 0 Å². The van der Waals surface area contributed by atoms with Crippen LogP contribution < -0.4 is 0 Å². The molecule has 0 aromatic heterocycles. The summed E-state index contributed by atoms with van der Waals surface area (Å²) < 4.78 is 3.55. The Bertz CT molecular complexity index is 512. The molecule has 3 heteroatoms. The second kappa shape index (κ2) is 7.95. The normalized spacial score (nSPS) is 25.5. The van der Waals surface area contributed by atoms with Gasteiger partial charge in [0.05, 0.1) is 0 Å². The van der Waals surface area contributed by atoms with Gasteiger partial charge in [-0.1, -0.05) is 0 Å². The van der Waals surface area contributed by atoms with Crippen LogP contribution in [0.3, 0.4) is 0 Å². The molecule has 0 aromatic rings. The van der Waals surface area contributed by atoms with Crippen LogP contribution in [0, 0.1) is 11.8 Å². The first-order valence-corrected chi connectivity index (χ1v) is 8.87. The van der Waals surface area contributed by atoms with Crippen LogP contribution in [0.5, 0.6) is 0 Å². The van der Waals surface area contributed by atoms with Crippen molar-refractivity contribution in [3.05, 3.63) is 41.2 Å². The van der Waals surface area contributed by atoms with Crippen molar-refractivity contribution in [3.63, 3.8) is 0 Å². The van der Waals surface area contributed by atoms with Crippen molar-refractivity contribution in [2.24, 2.45) is 11.8 Å². The molecule has 0 N–H and O–H groups in total. The van der Waals surface area contributed by atoms with E-state index in [4.69, 9.17) is 0 Å². The second-order valence-corrected chi connectivity index (χ2v) is 8.33. The third-order valence-electron chi connectivity index (χ3n) is 5.55. The maximum atomic E-state index is 2.40. The zero-order valence-corrected chi connectivity index (χ0v) is 19.5. The van der Waals surface area contributed by atoms with Gasteiger partial charge in [-0.25, -0.2) is 0 Å². The maximum absolute atomic E-state index is 2.40. The first kappa shape index (κ1) is 21.6. The Balaban J connectivity index is 0.00000200. The molecule has 0 radical (unpaired) electrons. The fraction of sp³-hybridized carbons (Fsp3) is 0.556. The van der Waals surface area contributed by atoms with Gasteiger partial charge in [0, 0.05) is 0 Å². The molecule has 2 aliphatic rings. The van der Waals surface area contributed by atoms with Gasteiger partial charge in [0.1, 0.15) is 0 Å². The number of halogens is 2. The average Bonchev–Trinajstić information content (AvgIpc) is 2.68. The molecule has 118 valence electrons. The molecule has 2 unspecified atom stereocenters. The van der Waals surface area contributed by atoms with Crippen LogP contribution in [0.1, 0.15) is 55.4 Å². The standard InChI is InChI=1S/2C9H13.2BrH.Ti/c2*1-6-5-7(2)9(4)8(6)3;;;/h2*6H,1-4H3;2*1H;. The molecule has 0 saturated heterocycles. The van der Waals surface area contributed by atoms with Gasteiger partial charge in [0.25, 0.3) is 0 Å². The summed E-state index contributed by atoms with van der Waals surface area (Å²) >= 11 is -0.132. The van der Waals surface area contributed by atoms with E-state index in [2.05, 4.69) is 55.4 Å². The summed E-state index contributed by atoms with van der Waals surface area (Å²) in [7, 11) is 0. The third-order valence-corrected chi connectivity index (χ3v) is 8.92. The summed E-state index contributed by atoms with van der Waals surface area (Å²) in [5, 5.41) is 0. The molecular weight excluding hydrogens is 424 g/mol. The Morgan fingerprint density at radius 2 is 0.857 bits per heavy atom. The van der Waals surface area contributed by atoms with E-state index in [-0.39, 0.29) is 53.1 Å². The van der Waals surface area contributed by atoms with Crippen molar-refractivity contribution < 1.29 is 19.2 Å². The van der Waals surface area contributed by atoms with Gasteiger partial charge in [0.2, 0.25) is 0 Å². The number of allylic oxidation sites excluding steroid dienone is 8. The van der Waals surface area contributed by atoms with E-state index in [1.165, 1.54) is 0 Å². The SMILES string of the molecule is Br.Br.CC1=C(C)C(C)[C]([Ti][C]2=C(C)C(C)=C(C)C2C)=C1C. The van der Waals surface area contributed by atoms with E-state index in [0.717, 1.165) is 0 Å². The van der Waals surface area contributed by atoms with Crippen LogP contribution in [0.15, 0.2) is 41.2 Å². The van der Waals surface area contributed by atoms with Crippen LogP contribution >= 0.6 is 34.0 Å². The van der Waals surface area contributed by atoms with Crippen molar-refractivity contribution >= 4 is 34.0 Å². The molecule has 0 amide bonds. The minimum absolute atomic E-state index is 0. The molecule has 0 spiro atoms. The molecule has 0 aromatic carbocycles. The van der Waals surface area contributed by atoms with Gasteiger partial charge in [-0.15, -0.1) is 34.0 Å². The van der Waals surface area contributed by atoms with Crippen LogP contribution in [0.25, 0.3) is 0 Å². The van der Waals surface area contributed by atoms with Gasteiger partial charge in [-0.3, -0.25) is 0 Å². The molecule has 2 rings (SSSR count). The summed E-state index contributed by atoms with van der Waals surface area (Å²) in [4.78, 5) is 0. The van der Waals surface area contributed by atoms with Gasteiger partial charge in [0.15, 0.2) is 0 Å². The Morgan fingerprint density at radius 1 is 0.571 bits per heavy atom. The number of hydrogen-bond donors (Lipinski definition) is 0. The van der Waals surface area contributed by atoms with E-state index in [0.29, 0.717) is 11.8 Å². The summed E-state index contributed by atoms with van der Waals surface area (Å²) in [5.41, 5.74) is 9.50. The molecule has 2 aliphatic carbocycles. The molecule has 21 heavy (non-hydrogen) atoms. The van der Waals surface area contributed by atoms with E-state index in [1.54, 1.807) is 41.2 Å². The predicted molar refractivity (Wildman–Crippen MR) is 101 cm³/mol. The predicted octanol–water partition coefficient (Wildman–Crippen LogP) is 6.74. The molecular formula is C18H28Br2Ti. The molecule has 0 heterocycles. The third kappa shape index (κ3) is 3.60. The Labute approximate surface area is 160 Å². The first-order valence-electron chi connectivity index (χ1n) is 7.31. The van der Waals surface area contributed by atoms with Crippen molar-refractivity contribution in [3.8, 4) is 0 Å². The Morgan fingerprint density at radius 3 is 1.05 bits per heavy atom. The van der Waals surface area contributed by atoms with E-state index in [9.17, 15) is 0 Å². The fourth-order valence-corrected chi connectivity index (χ4v) is 6.25. The van der Waals surface area contributed by atoms with Gasteiger partial charge in [-0.05, 0) is 0 Å². The molecule has 0 nitrogen and oxygen atoms in total. The summed E-state index contributed by atoms with van der Waals surface area (Å²) in [6, 6.07) is 0. The van der Waals surface area contributed by atoms with Gasteiger partial charge in [-0.2, -0.15) is 0 Å². The van der Waals surface area contributed by atoms with E-state index < -0.39 is 0 Å². The number of rotatable bonds is 2. The van der Waals surface area contributed by atoms with Crippen LogP contribution in [-0.4, -0.2) is 0 Å². The zero-order chi connectivity index (χ0) is 14.5. The molecule has 0 saturated carbocycles. The first-order chi connectivity index (χ1) is 8.77. The minimum atomic E-state index is -0.132. The fourth-order valence-electron chi connectivity index (χ4n) is 3.28. The molecule has 0 aliphatic heterocycles. The van der Waals surface area contributed by atoms with Crippen LogP contribution in [-0.2, 0) is 19.2 Å². The monoisotopic (exact) mass is 450 g/mol. The summed E-state index contributed by atoms with van der Waals surface area (Å²) in [6.07, 6.45) is 0. The summed E-state index contributed by atoms with van der Waals surface area (Å²) in [6.45, 7) is 18.7. The number of hydrogen-bond acceptors (Lipinski definition) is 0. The van der Waals surface area contributed by atoms with E-state index in [1.807, 2.05) is 0 Å². The molecule has 2 atom stereocenters. The van der Waals surface area contributed by atoms with Gasteiger partial charge >= 0.3 is 128 Å². The topological polar surface area (TPSA) is 0 Å². The molecule has 0 bridgehead atoms.